The van der Waals surface area contributed by atoms with Crippen molar-refractivity contribution in [2.75, 3.05) is 7.11 Å². The van der Waals surface area contributed by atoms with Gasteiger partial charge in [0.1, 0.15) is 11.5 Å². The van der Waals surface area contributed by atoms with E-state index in [1.165, 1.54) is 11.1 Å². The van der Waals surface area contributed by atoms with Gasteiger partial charge in [-0.15, -0.1) is 0 Å². The molecule has 0 aliphatic heterocycles. The number of benzene rings is 2. The molecule has 4 heteroatoms. The maximum Gasteiger partial charge on any atom is 0.261 e. The molecule has 2 atom stereocenters. The van der Waals surface area contributed by atoms with E-state index in [1.807, 2.05) is 31.2 Å². The Kier molecular flexibility index (Phi) is 7.07. The molecule has 0 saturated heterocycles. The van der Waals surface area contributed by atoms with Gasteiger partial charge in [-0.3, -0.25) is 4.79 Å². The fraction of sp³-hybridized carbons (Fsp3) is 0.409. The molecule has 0 heterocycles. The number of carbonyl (C=O) groups is 1. The molecule has 140 valence electrons. The first kappa shape index (κ1) is 19.8. The van der Waals surface area contributed by atoms with Gasteiger partial charge in [-0.05, 0) is 62.1 Å². The molecule has 0 aromatic heterocycles. The summed E-state index contributed by atoms with van der Waals surface area (Å²) in [6.45, 7) is 8.19. The van der Waals surface area contributed by atoms with Crippen molar-refractivity contribution in [3.63, 3.8) is 0 Å². The maximum absolute atomic E-state index is 12.8. The van der Waals surface area contributed by atoms with Crippen LogP contribution in [-0.4, -0.2) is 19.1 Å². The Balaban J connectivity index is 2.08. The van der Waals surface area contributed by atoms with Gasteiger partial charge < -0.3 is 14.8 Å². The summed E-state index contributed by atoms with van der Waals surface area (Å²) >= 11 is 0. The number of aryl methyl sites for hydroxylation is 2. The Morgan fingerprint density at radius 2 is 1.65 bits per heavy atom. The summed E-state index contributed by atoms with van der Waals surface area (Å²) < 4.78 is 11.0. The van der Waals surface area contributed by atoms with Gasteiger partial charge in [0.2, 0.25) is 0 Å². The van der Waals surface area contributed by atoms with Crippen molar-refractivity contribution < 1.29 is 14.3 Å². The number of amides is 1. The monoisotopic (exact) mass is 355 g/mol. The van der Waals surface area contributed by atoms with Gasteiger partial charge in [-0.2, -0.15) is 0 Å². The Morgan fingerprint density at radius 1 is 1.00 bits per heavy atom. The van der Waals surface area contributed by atoms with Gasteiger partial charge >= 0.3 is 0 Å². The van der Waals surface area contributed by atoms with Crippen LogP contribution in [0.25, 0.3) is 0 Å². The van der Waals surface area contributed by atoms with Gasteiger partial charge in [0.05, 0.1) is 13.2 Å². The van der Waals surface area contributed by atoms with Crippen molar-refractivity contribution in [2.45, 2.75) is 52.7 Å². The number of hydrogen-bond acceptors (Lipinski definition) is 3. The second-order valence-corrected chi connectivity index (χ2v) is 6.52. The third-order valence-electron chi connectivity index (χ3n) is 4.53. The zero-order valence-corrected chi connectivity index (χ0v) is 16.3. The molecule has 26 heavy (non-hydrogen) atoms. The molecule has 2 rings (SSSR count). The highest BCUT2D eigenvalue weighted by atomic mass is 16.5. The lowest BCUT2D eigenvalue weighted by atomic mass is 9.97. The molecule has 0 aliphatic carbocycles. The van der Waals surface area contributed by atoms with Crippen molar-refractivity contribution in [1.82, 2.24) is 5.32 Å². The third kappa shape index (κ3) is 5.01. The van der Waals surface area contributed by atoms with Crippen LogP contribution < -0.4 is 14.8 Å². The molecule has 0 fully saturated rings. The number of ether oxygens (including phenoxy) is 2. The van der Waals surface area contributed by atoms with Crippen LogP contribution >= 0.6 is 0 Å². The van der Waals surface area contributed by atoms with Crippen LogP contribution in [0.2, 0.25) is 0 Å². The molecule has 0 bridgehead atoms. The quantitative estimate of drug-likeness (QED) is 0.744. The van der Waals surface area contributed by atoms with Crippen LogP contribution in [0.1, 0.15) is 49.4 Å². The number of rotatable bonds is 8. The summed E-state index contributed by atoms with van der Waals surface area (Å²) in [6.07, 6.45) is 0.902. The van der Waals surface area contributed by atoms with Crippen molar-refractivity contribution in [3.8, 4) is 11.5 Å². The van der Waals surface area contributed by atoms with Gasteiger partial charge in [0.15, 0.2) is 6.10 Å². The summed E-state index contributed by atoms with van der Waals surface area (Å²) in [5.41, 5.74) is 3.58. The normalized spacial score (nSPS) is 13.0. The average molecular weight is 355 g/mol. The van der Waals surface area contributed by atoms with Crippen molar-refractivity contribution in [1.29, 1.82) is 0 Å². The first-order valence-corrected chi connectivity index (χ1v) is 9.16. The summed E-state index contributed by atoms with van der Waals surface area (Å²) in [5, 5.41) is 3.15. The molecule has 2 aromatic carbocycles. The van der Waals surface area contributed by atoms with E-state index in [9.17, 15) is 4.79 Å². The largest absolute Gasteiger partial charge is 0.497 e. The van der Waals surface area contributed by atoms with Gasteiger partial charge in [0, 0.05) is 0 Å². The highest BCUT2D eigenvalue weighted by Gasteiger charge is 2.22. The predicted octanol–water partition coefficient (Wildman–Crippen LogP) is 4.74. The van der Waals surface area contributed by atoms with Crippen molar-refractivity contribution in [2.24, 2.45) is 0 Å². The maximum atomic E-state index is 12.8. The zero-order chi connectivity index (χ0) is 19.1. The highest BCUT2D eigenvalue weighted by molar-refractivity contribution is 5.81. The molecule has 0 spiro atoms. The minimum Gasteiger partial charge on any atom is -0.497 e. The number of methoxy groups -OCH3 is 1. The van der Waals surface area contributed by atoms with Crippen LogP contribution in [0, 0.1) is 13.8 Å². The van der Waals surface area contributed by atoms with E-state index in [0.29, 0.717) is 12.2 Å². The number of carbonyl (C=O) groups excluding carboxylic acids is 1. The Hall–Kier alpha value is -2.49. The van der Waals surface area contributed by atoms with E-state index >= 15 is 0 Å². The van der Waals surface area contributed by atoms with Crippen LogP contribution in [0.15, 0.2) is 42.5 Å². The van der Waals surface area contributed by atoms with E-state index in [4.69, 9.17) is 9.47 Å². The third-order valence-corrected chi connectivity index (χ3v) is 4.53. The molecule has 1 N–H and O–H groups in total. The molecular formula is C22H29NO3. The molecule has 0 radical (unpaired) electrons. The summed E-state index contributed by atoms with van der Waals surface area (Å²) in [7, 11) is 1.62. The lowest BCUT2D eigenvalue weighted by molar-refractivity contribution is -0.128. The topological polar surface area (TPSA) is 47.6 Å². The van der Waals surface area contributed by atoms with Gasteiger partial charge in [-0.1, -0.05) is 37.6 Å². The van der Waals surface area contributed by atoms with Crippen molar-refractivity contribution >= 4 is 5.91 Å². The predicted molar refractivity (Wildman–Crippen MR) is 105 cm³/mol. The SMILES string of the molecule is CC[C@@H](Oc1ccc(OC)cc1)C(=O)N[C@H](CC)c1ccc(C)cc1C. The summed E-state index contributed by atoms with van der Waals surface area (Å²) in [6, 6.07) is 13.6. The van der Waals surface area contributed by atoms with E-state index in [2.05, 4.69) is 44.3 Å². The van der Waals surface area contributed by atoms with Crippen LogP contribution in [0.3, 0.4) is 0 Å². The van der Waals surface area contributed by atoms with Gasteiger partial charge in [-0.25, -0.2) is 0 Å². The minimum absolute atomic E-state index is 0.0170. The highest BCUT2D eigenvalue weighted by Crippen LogP contribution is 2.23. The second-order valence-electron chi connectivity index (χ2n) is 6.52. The van der Waals surface area contributed by atoms with E-state index in [0.717, 1.165) is 17.7 Å². The molecule has 0 aliphatic rings. The molecule has 0 saturated carbocycles. The minimum atomic E-state index is -0.525. The Bertz CT molecular complexity index is 725. The van der Waals surface area contributed by atoms with Gasteiger partial charge in [0.25, 0.3) is 5.91 Å². The average Bonchev–Trinajstić information content (AvgIpc) is 2.65. The van der Waals surface area contributed by atoms with E-state index in [1.54, 1.807) is 7.11 Å². The molecule has 1 amide bonds. The van der Waals surface area contributed by atoms with E-state index < -0.39 is 6.10 Å². The first-order valence-electron chi connectivity index (χ1n) is 9.16. The fourth-order valence-electron chi connectivity index (χ4n) is 3.02. The zero-order valence-electron chi connectivity index (χ0n) is 16.3. The number of nitrogens with one attached hydrogen (secondary N) is 1. The second kappa shape index (κ2) is 9.27. The Labute approximate surface area is 156 Å². The van der Waals surface area contributed by atoms with Crippen LogP contribution in [-0.2, 0) is 4.79 Å². The fourth-order valence-corrected chi connectivity index (χ4v) is 3.02. The lowest BCUT2D eigenvalue weighted by Gasteiger charge is -2.23. The molecule has 2 aromatic rings. The smallest absolute Gasteiger partial charge is 0.261 e. The lowest BCUT2D eigenvalue weighted by Crippen LogP contribution is -2.40. The Morgan fingerprint density at radius 3 is 2.19 bits per heavy atom. The summed E-state index contributed by atoms with van der Waals surface area (Å²) in [5.74, 6) is 1.33. The molecule has 0 unspecified atom stereocenters. The van der Waals surface area contributed by atoms with E-state index in [-0.39, 0.29) is 11.9 Å². The van der Waals surface area contributed by atoms with Crippen LogP contribution in [0.5, 0.6) is 11.5 Å². The molecular weight excluding hydrogens is 326 g/mol. The van der Waals surface area contributed by atoms with Crippen LogP contribution in [0.4, 0.5) is 0 Å². The first-order chi connectivity index (χ1) is 12.5. The standard InChI is InChI=1S/C22H29NO3/c1-6-20(19-13-8-15(3)14-16(19)4)23-22(24)21(7-2)26-18-11-9-17(25-5)10-12-18/h8-14,20-21H,6-7H2,1-5H3,(H,23,24)/t20-,21-/m1/s1. The summed E-state index contributed by atoms with van der Waals surface area (Å²) in [4.78, 5) is 12.8. The number of hydrogen-bond donors (Lipinski definition) is 1. The van der Waals surface area contributed by atoms with Crippen molar-refractivity contribution in [3.05, 3.63) is 59.2 Å². The molecule has 4 nitrogen and oxygen atoms in total.